The average Bonchev–Trinajstić information content (AvgIpc) is 2.64. The molecule has 2 aromatic rings. The van der Waals surface area contributed by atoms with Gasteiger partial charge in [0.1, 0.15) is 5.82 Å². The van der Waals surface area contributed by atoms with E-state index >= 15 is 0 Å². The van der Waals surface area contributed by atoms with Crippen molar-refractivity contribution in [3.05, 3.63) is 36.5 Å². The molecule has 146 valence electrons. The van der Waals surface area contributed by atoms with Gasteiger partial charge >= 0.3 is 6.09 Å². The van der Waals surface area contributed by atoms with Crippen LogP contribution >= 0.6 is 0 Å². The van der Waals surface area contributed by atoms with Crippen LogP contribution in [0.2, 0.25) is 0 Å². The fraction of sp³-hybridized carbons (Fsp3) is 0.524. The Morgan fingerprint density at radius 2 is 1.89 bits per heavy atom. The summed E-state index contributed by atoms with van der Waals surface area (Å²) in [6.45, 7) is 10.9. The quantitative estimate of drug-likeness (QED) is 0.875. The summed E-state index contributed by atoms with van der Waals surface area (Å²) < 4.78 is 4.99. The first-order chi connectivity index (χ1) is 12.9. The Balaban J connectivity index is 1.68. The number of carbonyl (C=O) groups excluding carboxylic acids is 1. The van der Waals surface area contributed by atoms with Crippen LogP contribution in [0.25, 0.3) is 10.8 Å². The van der Waals surface area contributed by atoms with Crippen LogP contribution in [0.5, 0.6) is 0 Å². The monoisotopic (exact) mass is 370 g/mol. The van der Waals surface area contributed by atoms with Gasteiger partial charge < -0.3 is 15.4 Å². The van der Waals surface area contributed by atoms with E-state index in [9.17, 15) is 4.79 Å². The van der Waals surface area contributed by atoms with E-state index in [0.29, 0.717) is 12.6 Å². The van der Waals surface area contributed by atoms with E-state index in [1.807, 2.05) is 6.20 Å². The molecule has 0 bridgehead atoms. The first-order valence-corrected chi connectivity index (χ1v) is 9.61. The van der Waals surface area contributed by atoms with E-state index in [1.165, 1.54) is 10.8 Å². The predicted molar refractivity (Wildman–Crippen MR) is 109 cm³/mol. The van der Waals surface area contributed by atoms with E-state index in [1.54, 1.807) is 0 Å². The molecule has 1 atom stereocenters. The van der Waals surface area contributed by atoms with Gasteiger partial charge in [-0.3, -0.25) is 4.90 Å². The van der Waals surface area contributed by atoms with E-state index in [4.69, 9.17) is 10.5 Å². The summed E-state index contributed by atoms with van der Waals surface area (Å²) >= 11 is 0. The Morgan fingerprint density at radius 3 is 2.56 bits per heavy atom. The van der Waals surface area contributed by atoms with E-state index in [2.05, 4.69) is 65.9 Å². The maximum absolute atomic E-state index is 10.9. The molecule has 0 radical (unpaired) electrons. The molecule has 1 aliphatic rings. The lowest BCUT2D eigenvalue weighted by Crippen LogP contribution is -2.54. The maximum Gasteiger partial charge on any atom is 0.404 e. The van der Waals surface area contributed by atoms with Gasteiger partial charge in [0, 0.05) is 43.8 Å². The highest BCUT2D eigenvalue weighted by Crippen LogP contribution is 2.30. The summed E-state index contributed by atoms with van der Waals surface area (Å²) in [6, 6.07) is 10.8. The molecule has 27 heavy (non-hydrogen) atoms. The number of anilines is 1. The van der Waals surface area contributed by atoms with Crippen LogP contribution in [-0.2, 0) is 4.74 Å². The van der Waals surface area contributed by atoms with Gasteiger partial charge in [-0.25, -0.2) is 9.78 Å². The van der Waals surface area contributed by atoms with Crippen LogP contribution in [0.1, 0.15) is 27.2 Å². The smallest absolute Gasteiger partial charge is 0.404 e. The maximum atomic E-state index is 10.9. The molecule has 1 aliphatic heterocycles. The second-order valence-corrected chi connectivity index (χ2v) is 8.22. The van der Waals surface area contributed by atoms with Crippen LogP contribution < -0.4 is 10.6 Å². The zero-order valence-corrected chi connectivity index (χ0v) is 16.5. The van der Waals surface area contributed by atoms with Crippen molar-refractivity contribution in [2.24, 2.45) is 11.1 Å². The van der Waals surface area contributed by atoms with Gasteiger partial charge in [-0.2, -0.15) is 0 Å². The van der Waals surface area contributed by atoms with Crippen molar-refractivity contribution >= 4 is 22.7 Å². The highest BCUT2D eigenvalue weighted by Gasteiger charge is 2.32. The van der Waals surface area contributed by atoms with Crippen LogP contribution in [0.4, 0.5) is 10.6 Å². The zero-order valence-electron chi connectivity index (χ0n) is 16.5. The minimum Gasteiger partial charge on any atom is -0.450 e. The normalized spacial score (nSPS) is 17.1. The third-order valence-corrected chi connectivity index (χ3v) is 5.34. The standard InChI is InChI=1S/C21H30N4O2/c1-21(2,3)18(9-15-27-20(22)26)24-11-13-25(14-12-24)19-17-7-5-4-6-16(17)8-10-23-19/h4-8,10,18H,9,11-15H2,1-3H3,(H2,22,26). The number of nitrogens with two attached hydrogens (primary N) is 1. The van der Waals surface area contributed by atoms with Crippen molar-refractivity contribution in [3.63, 3.8) is 0 Å². The molecule has 3 rings (SSSR count). The Kier molecular flexibility index (Phi) is 5.85. The Hall–Kier alpha value is -2.34. The molecule has 1 saturated heterocycles. The third-order valence-electron chi connectivity index (χ3n) is 5.34. The van der Waals surface area contributed by atoms with Crippen LogP contribution in [0.15, 0.2) is 36.5 Å². The molecule has 0 saturated carbocycles. The second-order valence-electron chi connectivity index (χ2n) is 8.22. The van der Waals surface area contributed by atoms with Gasteiger partial charge in [0.2, 0.25) is 0 Å². The van der Waals surface area contributed by atoms with Gasteiger partial charge in [0.05, 0.1) is 6.61 Å². The molecule has 2 heterocycles. The molecule has 6 heteroatoms. The molecule has 1 unspecified atom stereocenters. The number of hydrogen-bond donors (Lipinski definition) is 1. The Bertz CT molecular complexity index is 774. The number of primary amides is 1. The number of piperazine rings is 1. The van der Waals surface area contributed by atoms with Crippen molar-refractivity contribution in [2.75, 3.05) is 37.7 Å². The lowest BCUT2D eigenvalue weighted by atomic mass is 9.83. The molecule has 2 N–H and O–H groups in total. The van der Waals surface area contributed by atoms with Gasteiger partial charge in [0.15, 0.2) is 0 Å². The predicted octanol–water partition coefficient (Wildman–Crippen LogP) is 3.26. The van der Waals surface area contributed by atoms with Crippen LogP contribution in [0.3, 0.4) is 0 Å². The number of ether oxygens (including phenoxy) is 1. The summed E-state index contributed by atoms with van der Waals surface area (Å²) in [7, 11) is 0. The highest BCUT2D eigenvalue weighted by atomic mass is 16.5. The number of nitrogens with zero attached hydrogens (tertiary/aromatic N) is 3. The summed E-state index contributed by atoms with van der Waals surface area (Å²) in [5.74, 6) is 1.07. The largest absolute Gasteiger partial charge is 0.450 e. The molecule has 1 fully saturated rings. The SMILES string of the molecule is CC(C)(C)C(CCOC(N)=O)N1CCN(c2nccc3ccccc23)CC1. The zero-order chi connectivity index (χ0) is 19.4. The Morgan fingerprint density at radius 1 is 1.19 bits per heavy atom. The summed E-state index contributed by atoms with van der Waals surface area (Å²) in [5.41, 5.74) is 5.20. The van der Waals surface area contributed by atoms with E-state index in [-0.39, 0.29) is 5.41 Å². The second kappa shape index (κ2) is 8.13. The van der Waals surface area contributed by atoms with Crippen molar-refractivity contribution in [2.45, 2.75) is 33.2 Å². The molecule has 1 aromatic carbocycles. The van der Waals surface area contributed by atoms with Gasteiger partial charge in [0.25, 0.3) is 0 Å². The summed E-state index contributed by atoms with van der Waals surface area (Å²) in [4.78, 5) is 20.4. The highest BCUT2D eigenvalue weighted by molar-refractivity contribution is 5.92. The van der Waals surface area contributed by atoms with Crippen molar-refractivity contribution < 1.29 is 9.53 Å². The number of fused-ring (bicyclic) bond motifs is 1. The minimum atomic E-state index is -0.700. The van der Waals surface area contributed by atoms with Gasteiger partial charge in [-0.05, 0) is 23.3 Å². The lowest BCUT2D eigenvalue weighted by Gasteiger charge is -2.45. The van der Waals surface area contributed by atoms with Crippen molar-refractivity contribution in [1.29, 1.82) is 0 Å². The first-order valence-electron chi connectivity index (χ1n) is 9.61. The average molecular weight is 370 g/mol. The van der Waals surface area contributed by atoms with Crippen molar-refractivity contribution in [3.8, 4) is 0 Å². The lowest BCUT2D eigenvalue weighted by molar-refractivity contribution is 0.0639. The number of amides is 1. The number of benzene rings is 1. The molecule has 6 nitrogen and oxygen atoms in total. The minimum absolute atomic E-state index is 0.0981. The van der Waals surface area contributed by atoms with Crippen LogP contribution in [-0.4, -0.2) is 54.8 Å². The third kappa shape index (κ3) is 4.69. The number of carbonyl (C=O) groups is 1. The molecule has 0 spiro atoms. The fourth-order valence-electron chi connectivity index (χ4n) is 4.04. The molecular formula is C21H30N4O2. The van der Waals surface area contributed by atoms with E-state index in [0.717, 1.165) is 38.4 Å². The molecule has 1 aromatic heterocycles. The summed E-state index contributed by atoms with van der Waals surface area (Å²) in [6.07, 6.45) is 1.98. The molecule has 1 amide bonds. The summed E-state index contributed by atoms with van der Waals surface area (Å²) in [5, 5.41) is 2.43. The number of pyridine rings is 1. The van der Waals surface area contributed by atoms with E-state index < -0.39 is 6.09 Å². The Labute approximate surface area is 161 Å². The number of aromatic nitrogens is 1. The van der Waals surface area contributed by atoms with Gasteiger partial charge in [-0.1, -0.05) is 45.0 Å². The topological polar surface area (TPSA) is 71.7 Å². The van der Waals surface area contributed by atoms with Crippen LogP contribution in [0, 0.1) is 5.41 Å². The molecule has 0 aliphatic carbocycles. The fourth-order valence-corrected chi connectivity index (χ4v) is 4.04. The number of hydrogen-bond acceptors (Lipinski definition) is 5. The molecular weight excluding hydrogens is 340 g/mol. The van der Waals surface area contributed by atoms with Gasteiger partial charge in [-0.15, -0.1) is 0 Å². The first kappa shape index (κ1) is 19.4. The van der Waals surface area contributed by atoms with Crippen molar-refractivity contribution in [1.82, 2.24) is 9.88 Å². The number of rotatable bonds is 5.